The topological polar surface area (TPSA) is 49.8 Å². The summed E-state index contributed by atoms with van der Waals surface area (Å²) < 4.78 is 5.28. The number of aliphatic carboxylic acids is 1. The molecule has 1 atom stereocenters. The summed E-state index contributed by atoms with van der Waals surface area (Å²) in [5, 5.41) is 8.89. The number of carboxylic acids is 1. The third-order valence-corrected chi connectivity index (χ3v) is 4.65. The highest BCUT2D eigenvalue weighted by atomic mass is 32.2. The number of thioether (sulfide) groups is 1. The molecular formula is C11H19NO3S. The van der Waals surface area contributed by atoms with Gasteiger partial charge in [-0.05, 0) is 12.8 Å². The van der Waals surface area contributed by atoms with E-state index in [1.807, 2.05) is 11.8 Å². The van der Waals surface area contributed by atoms with Crippen molar-refractivity contribution >= 4 is 17.7 Å². The third kappa shape index (κ3) is 2.70. The van der Waals surface area contributed by atoms with Crippen LogP contribution in [0.5, 0.6) is 0 Å². The molecule has 16 heavy (non-hydrogen) atoms. The highest BCUT2D eigenvalue weighted by Crippen LogP contribution is 2.32. The fraction of sp³-hybridized carbons (Fsp3) is 0.909. The van der Waals surface area contributed by atoms with Crippen LogP contribution in [0.25, 0.3) is 0 Å². The molecule has 0 spiro atoms. The number of ether oxygens (including phenoxy) is 1. The summed E-state index contributed by atoms with van der Waals surface area (Å²) in [7, 11) is 1.75. The van der Waals surface area contributed by atoms with Crippen molar-refractivity contribution in [3.63, 3.8) is 0 Å². The van der Waals surface area contributed by atoms with Crippen molar-refractivity contribution in [2.24, 2.45) is 0 Å². The summed E-state index contributed by atoms with van der Waals surface area (Å²) in [5.74, 6) is 1.41. The number of carbonyl (C=O) groups is 1. The van der Waals surface area contributed by atoms with Crippen molar-refractivity contribution in [3.8, 4) is 0 Å². The Balaban J connectivity index is 1.87. The van der Waals surface area contributed by atoms with Gasteiger partial charge in [0.15, 0.2) is 0 Å². The first-order valence-electron chi connectivity index (χ1n) is 5.78. The van der Waals surface area contributed by atoms with E-state index in [-0.39, 0.29) is 12.5 Å². The van der Waals surface area contributed by atoms with Gasteiger partial charge in [-0.2, -0.15) is 11.8 Å². The van der Waals surface area contributed by atoms with Gasteiger partial charge in [0.1, 0.15) is 0 Å². The van der Waals surface area contributed by atoms with Crippen molar-refractivity contribution in [2.45, 2.75) is 37.5 Å². The predicted molar refractivity (Wildman–Crippen MR) is 63.9 cm³/mol. The summed E-state index contributed by atoms with van der Waals surface area (Å²) in [4.78, 5) is 13.2. The van der Waals surface area contributed by atoms with Gasteiger partial charge in [0.05, 0.1) is 12.5 Å². The molecule has 5 heteroatoms. The standard InChI is InChI=1S/C11H19NO3S/c1-15-10-4-8(5-10)12-2-3-16-7-9(12)6-11(13)14/h8-10H,2-7H2,1H3,(H,13,14). The number of nitrogens with zero attached hydrogens (tertiary/aromatic N) is 1. The molecule has 1 unspecified atom stereocenters. The molecule has 1 aliphatic carbocycles. The maximum atomic E-state index is 10.8. The summed E-state index contributed by atoms with van der Waals surface area (Å²) in [6.07, 6.45) is 2.81. The zero-order valence-corrected chi connectivity index (χ0v) is 10.4. The van der Waals surface area contributed by atoms with E-state index in [0.29, 0.717) is 12.1 Å². The van der Waals surface area contributed by atoms with E-state index >= 15 is 0 Å². The van der Waals surface area contributed by atoms with Crippen molar-refractivity contribution in [1.82, 2.24) is 4.90 Å². The molecule has 2 aliphatic rings. The van der Waals surface area contributed by atoms with E-state index in [0.717, 1.165) is 30.9 Å². The molecule has 92 valence electrons. The molecule has 0 aromatic carbocycles. The minimum atomic E-state index is -0.680. The maximum absolute atomic E-state index is 10.8. The maximum Gasteiger partial charge on any atom is 0.304 e. The Bertz CT molecular complexity index is 256. The van der Waals surface area contributed by atoms with Crippen molar-refractivity contribution < 1.29 is 14.6 Å². The number of rotatable bonds is 4. The first-order chi connectivity index (χ1) is 7.70. The van der Waals surface area contributed by atoms with Gasteiger partial charge in [0, 0.05) is 37.2 Å². The largest absolute Gasteiger partial charge is 0.481 e. The lowest BCUT2D eigenvalue weighted by Gasteiger charge is -2.47. The van der Waals surface area contributed by atoms with Gasteiger partial charge >= 0.3 is 5.97 Å². The van der Waals surface area contributed by atoms with Crippen LogP contribution in [0.2, 0.25) is 0 Å². The van der Waals surface area contributed by atoms with Crippen molar-refractivity contribution in [3.05, 3.63) is 0 Å². The molecule has 1 N–H and O–H groups in total. The number of hydrogen-bond acceptors (Lipinski definition) is 4. The molecule has 2 fully saturated rings. The van der Waals surface area contributed by atoms with Crippen LogP contribution >= 0.6 is 11.8 Å². The zero-order valence-electron chi connectivity index (χ0n) is 9.59. The summed E-state index contributed by atoms with van der Waals surface area (Å²) in [5.41, 5.74) is 0. The summed E-state index contributed by atoms with van der Waals surface area (Å²) in [6, 6.07) is 0.772. The van der Waals surface area contributed by atoms with Crippen molar-refractivity contribution in [1.29, 1.82) is 0 Å². The van der Waals surface area contributed by atoms with E-state index in [4.69, 9.17) is 9.84 Å². The summed E-state index contributed by atoms with van der Waals surface area (Å²) in [6.45, 7) is 1.03. The molecule has 0 amide bonds. The predicted octanol–water partition coefficient (Wildman–Crippen LogP) is 1.06. The SMILES string of the molecule is COC1CC(N2CCSCC2CC(=O)O)C1. The van der Waals surface area contributed by atoms with Crippen molar-refractivity contribution in [2.75, 3.05) is 25.2 Å². The number of hydrogen-bond donors (Lipinski definition) is 1. The van der Waals surface area contributed by atoms with E-state index in [1.165, 1.54) is 0 Å². The Morgan fingerprint density at radius 2 is 2.31 bits per heavy atom. The van der Waals surface area contributed by atoms with Crippen LogP contribution in [-0.2, 0) is 9.53 Å². The lowest BCUT2D eigenvalue weighted by molar-refractivity contribution is -0.139. The number of carboxylic acid groups (broad SMARTS) is 1. The minimum Gasteiger partial charge on any atom is -0.481 e. The molecule has 4 nitrogen and oxygen atoms in total. The molecular weight excluding hydrogens is 226 g/mol. The molecule has 1 heterocycles. The van der Waals surface area contributed by atoms with Crippen LogP contribution in [0.15, 0.2) is 0 Å². The van der Waals surface area contributed by atoms with E-state index in [2.05, 4.69) is 4.90 Å². The Morgan fingerprint density at radius 1 is 1.56 bits per heavy atom. The second kappa shape index (κ2) is 5.38. The van der Waals surface area contributed by atoms with E-state index in [9.17, 15) is 4.79 Å². The minimum absolute atomic E-state index is 0.221. The Labute approximate surface area is 100 Å². The molecule has 1 saturated heterocycles. The van der Waals surface area contributed by atoms with Gasteiger partial charge in [-0.1, -0.05) is 0 Å². The monoisotopic (exact) mass is 245 g/mol. The van der Waals surface area contributed by atoms with Crippen LogP contribution in [0.3, 0.4) is 0 Å². The van der Waals surface area contributed by atoms with Crippen LogP contribution in [-0.4, -0.2) is 59.3 Å². The van der Waals surface area contributed by atoms with Crippen LogP contribution in [0.1, 0.15) is 19.3 Å². The first-order valence-corrected chi connectivity index (χ1v) is 6.94. The first kappa shape index (κ1) is 12.2. The molecule has 0 bridgehead atoms. The molecule has 1 aliphatic heterocycles. The molecule has 0 aromatic heterocycles. The van der Waals surface area contributed by atoms with E-state index in [1.54, 1.807) is 7.11 Å². The van der Waals surface area contributed by atoms with Gasteiger partial charge in [-0.15, -0.1) is 0 Å². The normalized spacial score (nSPS) is 35.7. The second-order valence-corrected chi connectivity index (χ2v) is 5.70. The smallest absolute Gasteiger partial charge is 0.304 e. The fourth-order valence-electron chi connectivity index (χ4n) is 2.53. The van der Waals surface area contributed by atoms with E-state index < -0.39 is 5.97 Å². The second-order valence-electron chi connectivity index (χ2n) is 4.55. The quantitative estimate of drug-likeness (QED) is 0.802. The zero-order chi connectivity index (χ0) is 11.5. The van der Waals surface area contributed by atoms with Gasteiger partial charge in [0.2, 0.25) is 0 Å². The van der Waals surface area contributed by atoms with Crippen LogP contribution in [0.4, 0.5) is 0 Å². The Hall–Kier alpha value is -0.260. The van der Waals surface area contributed by atoms with Gasteiger partial charge in [-0.25, -0.2) is 0 Å². The van der Waals surface area contributed by atoms with Gasteiger partial charge < -0.3 is 9.84 Å². The average Bonchev–Trinajstić information content (AvgIpc) is 2.18. The van der Waals surface area contributed by atoms with Crippen LogP contribution < -0.4 is 0 Å². The highest BCUT2D eigenvalue weighted by molar-refractivity contribution is 7.99. The number of methoxy groups -OCH3 is 1. The van der Waals surface area contributed by atoms with Gasteiger partial charge in [0.25, 0.3) is 0 Å². The summed E-state index contributed by atoms with van der Waals surface area (Å²) >= 11 is 1.87. The molecule has 2 rings (SSSR count). The highest BCUT2D eigenvalue weighted by Gasteiger charge is 2.38. The lowest BCUT2D eigenvalue weighted by atomic mass is 9.86. The molecule has 0 aromatic rings. The van der Waals surface area contributed by atoms with Gasteiger partial charge in [-0.3, -0.25) is 9.69 Å². The average molecular weight is 245 g/mol. The lowest BCUT2D eigenvalue weighted by Crippen LogP contribution is -2.55. The fourth-order valence-corrected chi connectivity index (χ4v) is 3.62. The Kier molecular flexibility index (Phi) is 4.10. The van der Waals surface area contributed by atoms with Crippen LogP contribution in [0, 0.1) is 0 Å². The molecule has 1 saturated carbocycles. The third-order valence-electron chi connectivity index (χ3n) is 3.56. The Morgan fingerprint density at radius 3 is 2.94 bits per heavy atom. The molecule has 0 radical (unpaired) electrons.